The molecule has 3 nitrogen and oxygen atoms in total. The summed E-state index contributed by atoms with van der Waals surface area (Å²) in [7, 11) is 0. The molecule has 20 heavy (non-hydrogen) atoms. The van der Waals surface area contributed by atoms with Gasteiger partial charge in [0.1, 0.15) is 12.4 Å². The molecule has 1 atom stereocenters. The molecular weight excluding hydrogens is 252 g/mol. The van der Waals surface area contributed by atoms with Crippen molar-refractivity contribution < 1.29 is 14.3 Å². The Hall–Kier alpha value is -1.35. The molecule has 1 aromatic carbocycles. The molecule has 0 bridgehead atoms. The van der Waals surface area contributed by atoms with Gasteiger partial charge in [0.05, 0.1) is 11.7 Å². The zero-order valence-corrected chi connectivity index (χ0v) is 12.3. The Labute approximate surface area is 120 Å². The van der Waals surface area contributed by atoms with Crippen molar-refractivity contribution in [1.82, 2.24) is 0 Å². The Morgan fingerprint density at radius 2 is 2.20 bits per heavy atom. The highest BCUT2D eigenvalue weighted by Gasteiger charge is 2.32. The summed E-state index contributed by atoms with van der Waals surface area (Å²) < 4.78 is 11.7. The van der Waals surface area contributed by atoms with Crippen molar-refractivity contribution in [3.63, 3.8) is 0 Å². The van der Waals surface area contributed by atoms with Crippen molar-refractivity contribution in [2.45, 2.75) is 57.7 Å². The highest BCUT2D eigenvalue weighted by molar-refractivity contribution is 5.98. The number of carbonyl (C=O) groups is 1. The van der Waals surface area contributed by atoms with Gasteiger partial charge in [-0.2, -0.15) is 0 Å². The average molecular weight is 274 g/mol. The van der Waals surface area contributed by atoms with Gasteiger partial charge >= 0.3 is 0 Å². The summed E-state index contributed by atoms with van der Waals surface area (Å²) in [5, 5.41) is 0. The number of aryl methyl sites for hydroxylation is 1. The van der Waals surface area contributed by atoms with E-state index in [1.54, 1.807) is 0 Å². The van der Waals surface area contributed by atoms with Crippen LogP contribution in [-0.2, 0) is 11.2 Å². The van der Waals surface area contributed by atoms with Crippen LogP contribution in [0.3, 0.4) is 0 Å². The lowest BCUT2D eigenvalue weighted by atomic mass is 9.90. The molecule has 0 saturated carbocycles. The van der Waals surface area contributed by atoms with Crippen molar-refractivity contribution in [3.8, 4) is 5.75 Å². The first-order valence-corrected chi connectivity index (χ1v) is 7.50. The number of hydrogen-bond donors (Lipinski definition) is 0. The molecule has 3 rings (SSSR count). The first kappa shape index (κ1) is 13.6. The number of carbonyl (C=O) groups excluding carboxylic acids is 1. The monoisotopic (exact) mass is 274 g/mol. The van der Waals surface area contributed by atoms with E-state index in [0.29, 0.717) is 13.0 Å². The van der Waals surface area contributed by atoms with Crippen LogP contribution < -0.4 is 4.74 Å². The Morgan fingerprint density at radius 3 is 2.95 bits per heavy atom. The Balaban J connectivity index is 1.64. The van der Waals surface area contributed by atoms with Gasteiger partial charge in [-0.1, -0.05) is 6.07 Å². The molecule has 3 heteroatoms. The third-order valence-corrected chi connectivity index (χ3v) is 4.22. The normalized spacial score (nSPS) is 24.5. The Kier molecular flexibility index (Phi) is 3.55. The maximum absolute atomic E-state index is 11.9. The van der Waals surface area contributed by atoms with E-state index in [4.69, 9.17) is 9.47 Å². The second-order valence-electron chi connectivity index (χ2n) is 6.44. The van der Waals surface area contributed by atoms with Gasteiger partial charge in [-0.25, -0.2) is 0 Å². The SMILES string of the molecule is CC1(C)CCC(COc2ccc3c(c2)C(=O)CCC3)O1. The van der Waals surface area contributed by atoms with Crippen molar-refractivity contribution in [3.05, 3.63) is 29.3 Å². The minimum Gasteiger partial charge on any atom is -0.491 e. The van der Waals surface area contributed by atoms with Gasteiger partial charge in [-0.15, -0.1) is 0 Å². The fraction of sp³-hybridized carbons (Fsp3) is 0.588. The standard InChI is InChI=1S/C17H22O3/c1-17(2)9-8-14(20-17)11-19-13-7-6-12-4-3-5-16(18)15(12)10-13/h6-7,10,14H,3-5,8-9,11H2,1-2H3. The molecule has 0 spiro atoms. The first-order valence-electron chi connectivity index (χ1n) is 7.50. The zero-order chi connectivity index (χ0) is 14.2. The van der Waals surface area contributed by atoms with Crippen LogP contribution in [-0.4, -0.2) is 24.1 Å². The summed E-state index contributed by atoms with van der Waals surface area (Å²) in [6, 6.07) is 5.90. The van der Waals surface area contributed by atoms with Crippen LogP contribution in [0.5, 0.6) is 5.75 Å². The fourth-order valence-electron chi connectivity index (χ4n) is 3.08. The number of ether oxygens (including phenoxy) is 2. The van der Waals surface area contributed by atoms with E-state index in [1.807, 2.05) is 18.2 Å². The molecule has 1 heterocycles. The van der Waals surface area contributed by atoms with Crippen molar-refractivity contribution in [2.24, 2.45) is 0 Å². The number of fused-ring (bicyclic) bond motifs is 1. The van der Waals surface area contributed by atoms with Crippen LogP contribution in [0.1, 0.15) is 55.5 Å². The predicted molar refractivity (Wildman–Crippen MR) is 77.4 cm³/mol. The lowest BCUT2D eigenvalue weighted by molar-refractivity contribution is -0.0326. The van der Waals surface area contributed by atoms with E-state index >= 15 is 0 Å². The summed E-state index contributed by atoms with van der Waals surface area (Å²) in [4.78, 5) is 11.9. The van der Waals surface area contributed by atoms with Crippen LogP contribution in [0.2, 0.25) is 0 Å². The highest BCUT2D eigenvalue weighted by Crippen LogP contribution is 2.30. The zero-order valence-electron chi connectivity index (χ0n) is 12.3. The van der Waals surface area contributed by atoms with Crippen LogP contribution in [0.15, 0.2) is 18.2 Å². The molecule has 1 aromatic rings. The van der Waals surface area contributed by atoms with Crippen LogP contribution >= 0.6 is 0 Å². The maximum atomic E-state index is 11.9. The van der Waals surface area contributed by atoms with Gasteiger partial charge in [-0.3, -0.25) is 4.79 Å². The minimum absolute atomic E-state index is 0.0279. The molecule has 1 fully saturated rings. The first-order chi connectivity index (χ1) is 9.53. The molecule has 108 valence electrons. The molecule has 1 aliphatic carbocycles. The van der Waals surface area contributed by atoms with E-state index in [2.05, 4.69) is 13.8 Å². The summed E-state index contributed by atoms with van der Waals surface area (Å²) in [6.07, 6.45) is 4.91. The molecule has 0 amide bonds. The van der Waals surface area contributed by atoms with Gasteiger partial charge in [0.2, 0.25) is 0 Å². The molecule has 1 saturated heterocycles. The number of rotatable bonds is 3. The quantitative estimate of drug-likeness (QED) is 0.845. The van der Waals surface area contributed by atoms with Crippen molar-refractivity contribution in [1.29, 1.82) is 0 Å². The largest absolute Gasteiger partial charge is 0.491 e. The molecule has 0 radical (unpaired) electrons. The van der Waals surface area contributed by atoms with Gasteiger partial charge in [0.15, 0.2) is 5.78 Å². The van der Waals surface area contributed by atoms with Crippen molar-refractivity contribution in [2.75, 3.05) is 6.61 Å². The van der Waals surface area contributed by atoms with Gasteiger partial charge in [-0.05, 0) is 57.2 Å². The van der Waals surface area contributed by atoms with Crippen LogP contribution in [0.25, 0.3) is 0 Å². The van der Waals surface area contributed by atoms with E-state index in [1.165, 1.54) is 0 Å². The average Bonchev–Trinajstić information content (AvgIpc) is 2.77. The van der Waals surface area contributed by atoms with E-state index in [9.17, 15) is 4.79 Å². The van der Waals surface area contributed by atoms with E-state index in [0.717, 1.165) is 42.6 Å². The second-order valence-corrected chi connectivity index (χ2v) is 6.44. The summed E-state index contributed by atoms with van der Waals surface area (Å²) in [6.45, 7) is 4.80. The second kappa shape index (κ2) is 5.21. The number of Topliss-reactive ketones (excluding diaryl/α,β-unsaturated/α-hetero) is 1. The smallest absolute Gasteiger partial charge is 0.163 e. The fourth-order valence-corrected chi connectivity index (χ4v) is 3.08. The third kappa shape index (κ3) is 2.88. The molecule has 1 aliphatic heterocycles. The van der Waals surface area contributed by atoms with Gasteiger partial charge < -0.3 is 9.47 Å². The lowest BCUT2D eigenvalue weighted by Gasteiger charge is -2.20. The van der Waals surface area contributed by atoms with Crippen LogP contribution in [0.4, 0.5) is 0 Å². The summed E-state index contributed by atoms with van der Waals surface area (Å²) >= 11 is 0. The number of ketones is 1. The molecule has 2 aliphatic rings. The van der Waals surface area contributed by atoms with E-state index < -0.39 is 0 Å². The number of benzene rings is 1. The van der Waals surface area contributed by atoms with Gasteiger partial charge in [0.25, 0.3) is 0 Å². The summed E-state index contributed by atoms with van der Waals surface area (Å²) in [5.41, 5.74) is 1.98. The molecule has 0 N–H and O–H groups in total. The topological polar surface area (TPSA) is 35.5 Å². The Morgan fingerprint density at radius 1 is 1.35 bits per heavy atom. The third-order valence-electron chi connectivity index (χ3n) is 4.22. The lowest BCUT2D eigenvalue weighted by Crippen LogP contribution is -2.24. The Bertz CT molecular complexity index is 519. The maximum Gasteiger partial charge on any atom is 0.163 e. The highest BCUT2D eigenvalue weighted by atomic mass is 16.6. The van der Waals surface area contributed by atoms with E-state index in [-0.39, 0.29) is 17.5 Å². The summed E-state index contributed by atoms with van der Waals surface area (Å²) in [5.74, 6) is 1.03. The predicted octanol–water partition coefficient (Wildman–Crippen LogP) is 3.54. The number of hydrogen-bond acceptors (Lipinski definition) is 3. The van der Waals surface area contributed by atoms with Gasteiger partial charge in [0, 0.05) is 12.0 Å². The van der Waals surface area contributed by atoms with Crippen molar-refractivity contribution >= 4 is 5.78 Å². The molecular formula is C17H22O3. The van der Waals surface area contributed by atoms with Crippen LogP contribution in [0, 0.1) is 0 Å². The minimum atomic E-state index is -0.0279. The molecule has 0 aromatic heterocycles. The molecule has 1 unspecified atom stereocenters.